The van der Waals surface area contributed by atoms with Crippen LogP contribution in [0.3, 0.4) is 0 Å². The number of anilines is 1. The van der Waals surface area contributed by atoms with E-state index >= 15 is 0 Å². The first-order chi connectivity index (χ1) is 9.65. The van der Waals surface area contributed by atoms with Crippen molar-refractivity contribution in [3.8, 4) is 0 Å². The van der Waals surface area contributed by atoms with Gasteiger partial charge in [-0.2, -0.15) is 0 Å². The molecule has 20 heavy (non-hydrogen) atoms. The molecule has 0 aliphatic carbocycles. The van der Waals surface area contributed by atoms with E-state index in [1.165, 1.54) is 11.8 Å². The van der Waals surface area contributed by atoms with Crippen LogP contribution in [0.4, 0.5) is 5.69 Å². The molecule has 1 N–H and O–H groups in total. The molecule has 0 radical (unpaired) electrons. The Morgan fingerprint density at radius 1 is 1.05 bits per heavy atom. The number of fused-ring (bicyclic) bond motifs is 1. The third kappa shape index (κ3) is 2.57. The lowest BCUT2D eigenvalue weighted by Gasteiger charge is -2.18. The summed E-state index contributed by atoms with van der Waals surface area (Å²) >= 11 is 13.5. The van der Waals surface area contributed by atoms with Gasteiger partial charge >= 0.3 is 0 Å². The minimum absolute atomic E-state index is 0.134. The first-order valence-corrected chi connectivity index (χ1v) is 7.46. The quantitative estimate of drug-likeness (QED) is 0.742. The lowest BCUT2D eigenvalue weighted by atomic mass is 10.2. The molecule has 0 saturated heterocycles. The SMILES string of the molecule is O=C1Nc2ccccc2S/C1=C\c1cccc(Cl)c1Cl. The monoisotopic (exact) mass is 321 g/mol. The molecule has 0 bridgehead atoms. The van der Waals surface area contributed by atoms with Crippen molar-refractivity contribution in [2.75, 3.05) is 5.32 Å². The molecular formula is C15H9Cl2NOS. The van der Waals surface area contributed by atoms with E-state index in [4.69, 9.17) is 23.2 Å². The second kappa shape index (κ2) is 5.52. The Kier molecular flexibility index (Phi) is 3.74. The van der Waals surface area contributed by atoms with E-state index in [1.54, 1.807) is 18.2 Å². The van der Waals surface area contributed by atoms with E-state index in [9.17, 15) is 4.79 Å². The van der Waals surface area contributed by atoms with E-state index in [2.05, 4.69) is 5.32 Å². The molecule has 0 fully saturated rings. The van der Waals surface area contributed by atoms with Crippen LogP contribution in [-0.4, -0.2) is 5.91 Å². The summed E-state index contributed by atoms with van der Waals surface area (Å²) < 4.78 is 0. The summed E-state index contributed by atoms with van der Waals surface area (Å²) in [5.41, 5.74) is 1.56. The van der Waals surface area contributed by atoms with Gasteiger partial charge in [0.2, 0.25) is 0 Å². The highest BCUT2D eigenvalue weighted by atomic mass is 35.5. The molecule has 0 saturated carbocycles. The van der Waals surface area contributed by atoms with Gasteiger partial charge < -0.3 is 5.32 Å². The zero-order valence-electron chi connectivity index (χ0n) is 10.2. The maximum Gasteiger partial charge on any atom is 0.262 e. The lowest BCUT2D eigenvalue weighted by molar-refractivity contribution is -0.112. The summed E-state index contributed by atoms with van der Waals surface area (Å²) in [6.45, 7) is 0. The molecule has 0 unspecified atom stereocenters. The number of hydrogen-bond acceptors (Lipinski definition) is 2. The van der Waals surface area contributed by atoms with Crippen molar-refractivity contribution in [2.24, 2.45) is 0 Å². The van der Waals surface area contributed by atoms with Gasteiger partial charge in [-0.1, -0.05) is 59.2 Å². The molecule has 2 aromatic carbocycles. The number of halogens is 2. The summed E-state index contributed by atoms with van der Waals surface area (Å²) in [4.78, 5) is 13.7. The fourth-order valence-corrected chi connectivity index (χ4v) is 3.18. The summed E-state index contributed by atoms with van der Waals surface area (Å²) in [5.74, 6) is -0.134. The molecule has 2 aromatic rings. The number of carbonyl (C=O) groups is 1. The van der Waals surface area contributed by atoms with Crippen LogP contribution in [-0.2, 0) is 4.79 Å². The second-order valence-corrected chi connectivity index (χ2v) is 6.07. The number of para-hydroxylation sites is 1. The fourth-order valence-electron chi connectivity index (χ4n) is 1.88. The average Bonchev–Trinajstić information content (AvgIpc) is 2.44. The van der Waals surface area contributed by atoms with Crippen LogP contribution < -0.4 is 5.32 Å². The van der Waals surface area contributed by atoms with Gasteiger partial charge in [0.1, 0.15) is 0 Å². The van der Waals surface area contributed by atoms with Gasteiger partial charge in [-0.05, 0) is 29.8 Å². The van der Waals surface area contributed by atoms with E-state index < -0.39 is 0 Å². The van der Waals surface area contributed by atoms with Crippen LogP contribution >= 0.6 is 35.0 Å². The van der Waals surface area contributed by atoms with Gasteiger partial charge in [-0.25, -0.2) is 0 Å². The summed E-state index contributed by atoms with van der Waals surface area (Å²) in [7, 11) is 0. The van der Waals surface area contributed by atoms with Crippen molar-refractivity contribution in [1.82, 2.24) is 0 Å². The highest BCUT2D eigenvalue weighted by Gasteiger charge is 2.20. The van der Waals surface area contributed by atoms with Gasteiger partial charge in [0.15, 0.2) is 0 Å². The highest BCUT2D eigenvalue weighted by Crippen LogP contribution is 2.39. The zero-order chi connectivity index (χ0) is 14.1. The van der Waals surface area contributed by atoms with Crippen LogP contribution in [0.25, 0.3) is 6.08 Å². The largest absolute Gasteiger partial charge is 0.320 e. The van der Waals surface area contributed by atoms with Gasteiger partial charge in [-0.3, -0.25) is 4.79 Å². The number of hydrogen-bond donors (Lipinski definition) is 1. The Morgan fingerprint density at radius 3 is 2.70 bits per heavy atom. The molecule has 5 heteroatoms. The predicted octanol–water partition coefficient (Wildman–Crippen LogP) is 5.08. The average molecular weight is 322 g/mol. The van der Waals surface area contributed by atoms with E-state index in [-0.39, 0.29) is 5.91 Å². The maximum atomic E-state index is 12.1. The number of benzene rings is 2. The zero-order valence-corrected chi connectivity index (χ0v) is 12.5. The third-order valence-corrected chi connectivity index (χ3v) is 4.78. The van der Waals surface area contributed by atoms with Crippen LogP contribution in [0.5, 0.6) is 0 Å². The van der Waals surface area contributed by atoms with Crippen LogP contribution in [0, 0.1) is 0 Å². The minimum atomic E-state index is -0.134. The van der Waals surface area contributed by atoms with Gasteiger partial charge in [0, 0.05) is 4.90 Å². The Labute approximate surface area is 130 Å². The van der Waals surface area contributed by atoms with E-state index in [0.29, 0.717) is 15.0 Å². The predicted molar refractivity (Wildman–Crippen MR) is 85.4 cm³/mol. The second-order valence-electron chi connectivity index (χ2n) is 4.20. The topological polar surface area (TPSA) is 29.1 Å². The molecule has 0 spiro atoms. The normalized spacial score (nSPS) is 15.9. The summed E-state index contributed by atoms with van der Waals surface area (Å²) in [6.07, 6.45) is 1.75. The number of nitrogens with one attached hydrogen (secondary N) is 1. The molecule has 1 aliphatic heterocycles. The molecule has 1 heterocycles. The van der Waals surface area contributed by atoms with Gasteiger partial charge in [-0.15, -0.1) is 0 Å². The number of amides is 1. The standard InChI is InChI=1S/C15H9Cl2NOS/c16-10-5-3-4-9(14(10)17)8-13-15(19)18-11-6-1-2-7-12(11)20-13/h1-8H,(H,18,19)/b13-8-. The van der Waals surface area contributed by atoms with Gasteiger partial charge in [0.25, 0.3) is 5.91 Å². The summed E-state index contributed by atoms with van der Waals surface area (Å²) in [5, 5.41) is 3.79. The van der Waals surface area contributed by atoms with Crippen molar-refractivity contribution in [3.63, 3.8) is 0 Å². The highest BCUT2D eigenvalue weighted by molar-refractivity contribution is 8.04. The number of rotatable bonds is 1. The Hall–Kier alpha value is -1.42. The van der Waals surface area contributed by atoms with Crippen molar-refractivity contribution in [1.29, 1.82) is 0 Å². The Bertz CT molecular complexity index is 728. The maximum absolute atomic E-state index is 12.1. The minimum Gasteiger partial charge on any atom is -0.320 e. The first-order valence-electron chi connectivity index (χ1n) is 5.89. The van der Waals surface area contributed by atoms with Gasteiger partial charge in [0.05, 0.1) is 20.6 Å². The van der Waals surface area contributed by atoms with E-state index in [0.717, 1.165) is 16.1 Å². The molecule has 3 rings (SSSR count). The number of carbonyl (C=O) groups excluding carboxylic acids is 1. The van der Waals surface area contributed by atoms with Crippen LogP contribution in [0.2, 0.25) is 10.0 Å². The van der Waals surface area contributed by atoms with Crippen molar-refractivity contribution in [2.45, 2.75) is 4.90 Å². The molecule has 1 amide bonds. The third-order valence-electron chi connectivity index (χ3n) is 2.85. The number of thioether (sulfide) groups is 1. The first kappa shape index (κ1) is 13.6. The Morgan fingerprint density at radius 2 is 1.85 bits per heavy atom. The van der Waals surface area contributed by atoms with Crippen molar-refractivity contribution >= 4 is 52.6 Å². The molecule has 0 atom stereocenters. The fraction of sp³-hybridized carbons (Fsp3) is 0. The lowest BCUT2D eigenvalue weighted by Crippen LogP contribution is -2.17. The summed E-state index contributed by atoms with van der Waals surface area (Å²) in [6, 6.07) is 13.0. The molecule has 0 aromatic heterocycles. The van der Waals surface area contributed by atoms with E-state index in [1.807, 2.05) is 30.3 Å². The smallest absolute Gasteiger partial charge is 0.262 e. The molecular weight excluding hydrogens is 313 g/mol. The molecule has 100 valence electrons. The van der Waals surface area contributed by atoms with Crippen molar-refractivity contribution < 1.29 is 4.79 Å². The van der Waals surface area contributed by atoms with Crippen LogP contribution in [0.15, 0.2) is 52.3 Å². The molecule has 1 aliphatic rings. The van der Waals surface area contributed by atoms with Crippen molar-refractivity contribution in [3.05, 3.63) is 63.0 Å². The van der Waals surface area contributed by atoms with Crippen LogP contribution in [0.1, 0.15) is 5.56 Å². The molecule has 2 nitrogen and oxygen atoms in total. The Balaban J connectivity index is 2.01.